The molecule has 1 heterocycles. The average molecular weight is 183 g/mol. The van der Waals surface area contributed by atoms with E-state index in [9.17, 15) is 4.79 Å². The second-order valence-corrected chi connectivity index (χ2v) is 4.39. The number of likely N-dealkylation sites (tertiary alicyclic amines) is 1. The van der Waals surface area contributed by atoms with E-state index in [1.54, 1.807) is 0 Å². The Morgan fingerprint density at radius 1 is 1.46 bits per heavy atom. The monoisotopic (exact) mass is 183 g/mol. The molecule has 1 fully saturated rings. The van der Waals surface area contributed by atoms with Crippen LogP contribution in [0.2, 0.25) is 0 Å². The van der Waals surface area contributed by atoms with Crippen LogP contribution >= 0.6 is 0 Å². The first-order valence-electron chi connectivity index (χ1n) is 5.40. The molecule has 1 amide bonds. The molecule has 0 saturated carbocycles. The summed E-state index contributed by atoms with van der Waals surface area (Å²) in [6.07, 6.45) is 3.47. The molecule has 13 heavy (non-hydrogen) atoms. The lowest BCUT2D eigenvalue weighted by molar-refractivity contribution is -0.137. The van der Waals surface area contributed by atoms with Gasteiger partial charge in [-0.15, -0.1) is 0 Å². The normalized spacial score (nSPS) is 28.5. The first-order chi connectivity index (χ1) is 6.07. The summed E-state index contributed by atoms with van der Waals surface area (Å²) in [5, 5.41) is 0. The van der Waals surface area contributed by atoms with Gasteiger partial charge < -0.3 is 4.90 Å². The van der Waals surface area contributed by atoms with E-state index in [1.807, 2.05) is 13.8 Å². The summed E-state index contributed by atoms with van der Waals surface area (Å²) in [7, 11) is 0. The third-order valence-corrected chi connectivity index (χ3v) is 3.01. The summed E-state index contributed by atoms with van der Waals surface area (Å²) in [6, 6.07) is 0.963. The summed E-state index contributed by atoms with van der Waals surface area (Å²) >= 11 is 0. The smallest absolute Gasteiger partial charge is 0.225 e. The number of carbonyl (C=O) groups is 1. The Hall–Kier alpha value is -0.530. The van der Waals surface area contributed by atoms with Gasteiger partial charge in [-0.1, -0.05) is 20.8 Å². The Morgan fingerprint density at radius 3 is 2.54 bits per heavy atom. The molecule has 76 valence electrons. The number of hydrogen-bond donors (Lipinski definition) is 0. The summed E-state index contributed by atoms with van der Waals surface area (Å²) in [5.41, 5.74) is 0. The largest absolute Gasteiger partial charge is 0.337 e. The first kappa shape index (κ1) is 10.6. The molecule has 1 rings (SSSR count). The van der Waals surface area contributed by atoms with Crippen LogP contribution in [-0.4, -0.2) is 22.9 Å². The zero-order chi connectivity index (χ0) is 10.0. The Balaban J connectivity index is 2.69. The second-order valence-electron chi connectivity index (χ2n) is 4.39. The van der Waals surface area contributed by atoms with Crippen LogP contribution < -0.4 is 0 Å². The first-order valence-corrected chi connectivity index (χ1v) is 5.40. The minimum atomic E-state index is 0.148. The van der Waals surface area contributed by atoms with Gasteiger partial charge in [-0.3, -0.25) is 4.79 Å². The van der Waals surface area contributed by atoms with Crippen LogP contribution in [-0.2, 0) is 4.79 Å². The van der Waals surface area contributed by atoms with Crippen molar-refractivity contribution in [3.63, 3.8) is 0 Å². The summed E-state index contributed by atoms with van der Waals surface area (Å²) in [5.74, 6) is 0.478. The molecule has 1 aliphatic heterocycles. The third kappa shape index (κ3) is 2.04. The van der Waals surface area contributed by atoms with Crippen molar-refractivity contribution in [2.75, 3.05) is 0 Å². The van der Waals surface area contributed by atoms with Crippen LogP contribution in [0.25, 0.3) is 0 Å². The predicted octanol–water partition coefficient (Wildman–Crippen LogP) is 2.43. The zero-order valence-corrected chi connectivity index (χ0v) is 9.21. The molecule has 0 spiro atoms. The van der Waals surface area contributed by atoms with Crippen LogP contribution in [0, 0.1) is 5.92 Å². The summed E-state index contributed by atoms with van der Waals surface area (Å²) < 4.78 is 0. The number of hydrogen-bond acceptors (Lipinski definition) is 1. The van der Waals surface area contributed by atoms with Crippen molar-refractivity contribution in [2.45, 2.75) is 59.0 Å². The Labute approximate surface area is 81.3 Å². The van der Waals surface area contributed by atoms with Gasteiger partial charge in [0, 0.05) is 18.0 Å². The van der Waals surface area contributed by atoms with Crippen molar-refractivity contribution < 1.29 is 4.79 Å². The molecule has 0 aromatic rings. The van der Waals surface area contributed by atoms with Gasteiger partial charge in [0.25, 0.3) is 0 Å². The summed E-state index contributed by atoms with van der Waals surface area (Å²) in [6.45, 7) is 8.30. The molecule has 2 unspecified atom stereocenters. The number of carbonyl (C=O) groups excluding carboxylic acids is 1. The minimum absolute atomic E-state index is 0.148. The predicted molar refractivity (Wildman–Crippen MR) is 54.5 cm³/mol. The van der Waals surface area contributed by atoms with E-state index in [0.29, 0.717) is 18.0 Å². The molecule has 0 aromatic carbocycles. The van der Waals surface area contributed by atoms with E-state index in [4.69, 9.17) is 0 Å². The highest BCUT2D eigenvalue weighted by Crippen LogP contribution is 2.27. The Bertz CT molecular complexity index is 189. The van der Waals surface area contributed by atoms with E-state index in [1.165, 1.54) is 12.8 Å². The molecule has 2 heteroatoms. The van der Waals surface area contributed by atoms with Crippen LogP contribution in [0.5, 0.6) is 0 Å². The third-order valence-electron chi connectivity index (χ3n) is 3.01. The number of amides is 1. The van der Waals surface area contributed by atoms with Crippen molar-refractivity contribution in [2.24, 2.45) is 5.92 Å². The maximum Gasteiger partial charge on any atom is 0.225 e. The fourth-order valence-corrected chi connectivity index (χ4v) is 2.17. The maximum atomic E-state index is 11.9. The fraction of sp³-hybridized carbons (Fsp3) is 0.909. The lowest BCUT2D eigenvalue weighted by Gasteiger charge is -2.29. The van der Waals surface area contributed by atoms with Crippen LogP contribution in [0.15, 0.2) is 0 Å². The van der Waals surface area contributed by atoms with Gasteiger partial charge in [0.2, 0.25) is 5.91 Å². The van der Waals surface area contributed by atoms with Crippen molar-refractivity contribution in [3.8, 4) is 0 Å². The van der Waals surface area contributed by atoms with Gasteiger partial charge in [-0.25, -0.2) is 0 Å². The quantitative estimate of drug-likeness (QED) is 0.644. The molecule has 0 N–H and O–H groups in total. The van der Waals surface area contributed by atoms with Gasteiger partial charge in [0.1, 0.15) is 0 Å². The van der Waals surface area contributed by atoms with Crippen LogP contribution in [0.1, 0.15) is 47.0 Å². The van der Waals surface area contributed by atoms with E-state index < -0.39 is 0 Å². The van der Waals surface area contributed by atoms with Gasteiger partial charge in [0.05, 0.1) is 0 Å². The maximum absolute atomic E-state index is 11.9. The van der Waals surface area contributed by atoms with Gasteiger partial charge in [0.15, 0.2) is 0 Å². The van der Waals surface area contributed by atoms with Crippen molar-refractivity contribution in [3.05, 3.63) is 0 Å². The lowest BCUT2D eigenvalue weighted by Crippen LogP contribution is -2.41. The van der Waals surface area contributed by atoms with E-state index in [-0.39, 0.29) is 5.92 Å². The molecular formula is C11H21NO. The van der Waals surface area contributed by atoms with Crippen molar-refractivity contribution >= 4 is 5.91 Å². The number of rotatable bonds is 2. The lowest BCUT2D eigenvalue weighted by atomic mass is 10.1. The summed E-state index contributed by atoms with van der Waals surface area (Å²) in [4.78, 5) is 14.0. The SMILES string of the molecule is CCC1CCC(C)N1C(=O)C(C)C. The fourth-order valence-electron chi connectivity index (χ4n) is 2.17. The van der Waals surface area contributed by atoms with Crippen LogP contribution in [0.4, 0.5) is 0 Å². The Kier molecular flexibility index (Phi) is 3.34. The van der Waals surface area contributed by atoms with Gasteiger partial charge in [-0.05, 0) is 26.2 Å². The molecule has 1 saturated heterocycles. The molecule has 2 atom stereocenters. The molecule has 1 aliphatic rings. The minimum Gasteiger partial charge on any atom is -0.337 e. The molecule has 2 nitrogen and oxygen atoms in total. The van der Waals surface area contributed by atoms with E-state index in [2.05, 4.69) is 18.7 Å². The second kappa shape index (κ2) is 4.12. The average Bonchev–Trinajstić information content (AvgIpc) is 2.45. The topological polar surface area (TPSA) is 20.3 Å². The molecule has 0 aliphatic carbocycles. The highest BCUT2D eigenvalue weighted by Gasteiger charge is 2.33. The molecule has 0 bridgehead atoms. The van der Waals surface area contributed by atoms with Gasteiger partial charge in [-0.2, -0.15) is 0 Å². The van der Waals surface area contributed by atoms with Crippen LogP contribution in [0.3, 0.4) is 0 Å². The van der Waals surface area contributed by atoms with E-state index >= 15 is 0 Å². The zero-order valence-electron chi connectivity index (χ0n) is 9.21. The Morgan fingerprint density at radius 2 is 2.08 bits per heavy atom. The number of nitrogens with zero attached hydrogens (tertiary/aromatic N) is 1. The van der Waals surface area contributed by atoms with Crippen molar-refractivity contribution in [1.82, 2.24) is 4.90 Å². The highest BCUT2D eigenvalue weighted by molar-refractivity contribution is 5.79. The van der Waals surface area contributed by atoms with Gasteiger partial charge >= 0.3 is 0 Å². The highest BCUT2D eigenvalue weighted by atomic mass is 16.2. The molecular weight excluding hydrogens is 162 g/mol. The molecule has 0 radical (unpaired) electrons. The van der Waals surface area contributed by atoms with Crippen molar-refractivity contribution in [1.29, 1.82) is 0 Å². The standard InChI is InChI=1S/C11H21NO/c1-5-10-7-6-9(4)12(10)11(13)8(2)3/h8-10H,5-7H2,1-4H3. The molecule has 0 aromatic heterocycles. The van der Waals surface area contributed by atoms with E-state index in [0.717, 1.165) is 6.42 Å².